The van der Waals surface area contributed by atoms with E-state index >= 15 is 0 Å². The van der Waals surface area contributed by atoms with Crippen molar-refractivity contribution in [2.45, 2.75) is 30.8 Å². The molecule has 2 nitrogen and oxygen atoms in total. The summed E-state index contributed by atoms with van der Waals surface area (Å²) in [6.07, 6.45) is 1.35. The summed E-state index contributed by atoms with van der Waals surface area (Å²) >= 11 is 0. The van der Waals surface area contributed by atoms with Crippen molar-refractivity contribution >= 4 is 12.4 Å². The van der Waals surface area contributed by atoms with E-state index in [1.54, 1.807) is 0 Å². The molecule has 0 bridgehead atoms. The second kappa shape index (κ2) is 4.87. The largest absolute Gasteiger partial charge is 0.377 e. The van der Waals surface area contributed by atoms with E-state index in [1.165, 1.54) is 0 Å². The minimum absolute atomic E-state index is 0.00936. The van der Waals surface area contributed by atoms with Crippen LogP contribution in [0.4, 0.5) is 0 Å². The van der Waals surface area contributed by atoms with Crippen LogP contribution in [0.3, 0.4) is 0 Å². The van der Waals surface area contributed by atoms with Crippen molar-refractivity contribution in [1.29, 1.82) is 0 Å². The van der Waals surface area contributed by atoms with Gasteiger partial charge in [-0.3, -0.25) is 0 Å². The zero-order valence-electron chi connectivity index (χ0n) is 11.6. The average Bonchev–Trinajstić information content (AvgIpc) is 2.75. The number of aliphatic hydroxyl groups is 1. The average molecular weight is 286 g/mol. The summed E-state index contributed by atoms with van der Waals surface area (Å²) in [4.78, 5) is 0. The molecule has 2 aromatic carbocycles. The van der Waals surface area contributed by atoms with Gasteiger partial charge in [0.15, 0.2) is 7.14 Å². The first-order chi connectivity index (χ1) is 9.59. The molecule has 1 fully saturated rings. The zero-order valence-corrected chi connectivity index (χ0v) is 12.5. The third kappa shape index (κ3) is 1.79. The lowest BCUT2D eigenvalue weighted by Gasteiger charge is -2.33. The fraction of sp³-hybridized carbons (Fsp3) is 0.294. The molecule has 1 heterocycles. The lowest BCUT2D eigenvalue weighted by molar-refractivity contribution is 0.123. The predicted octanol–water partition coefficient (Wildman–Crippen LogP) is 3.70. The Labute approximate surface area is 119 Å². The molecule has 3 rings (SSSR count). The minimum Gasteiger partial charge on any atom is -0.377 e. The van der Waals surface area contributed by atoms with Crippen molar-refractivity contribution in [3.8, 4) is 0 Å². The fourth-order valence-corrected chi connectivity index (χ4v) is 7.05. The van der Waals surface area contributed by atoms with E-state index < -0.39 is 12.5 Å². The normalized spacial score (nSPS) is 33.2. The third-order valence-electron chi connectivity index (χ3n) is 4.46. The molecule has 3 unspecified atom stereocenters. The highest BCUT2D eigenvalue weighted by molar-refractivity contribution is 7.73. The maximum absolute atomic E-state index is 13.7. The quantitative estimate of drug-likeness (QED) is 0.855. The van der Waals surface area contributed by atoms with Crippen molar-refractivity contribution in [3.05, 3.63) is 66.2 Å². The molecule has 0 saturated carbocycles. The highest BCUT2D eigenvalue weighted by Crippen LogP contribution is 2.71. The number of hydrogen-bond acceptors (Lipinski definition) is 2. The SMILES string of the molecule is CC1CCC(O)(c2ccccc2)P1(=O)c1ccccc1. The van der Waals surface area contributed by atoms with E-state index in [-0.39, 0.29) is 5.66 Å². The Balaban J connectivity index is 2.19. The summed E-state index contributed by atoms with van der Waals surface area (Å²) < 4.78 is 13.7. The molecule has 104 valence electrons. The third-order valence-corrected chi connectivity index (χ3v) is 8.60. The molecular weight excluding hydrogens is 267 g/mol. The molecular formula is C17H19O2P. The highest BCUT2D eigenvalue weighted by atomic mass is 31.2. The van der Waals surface area contributed by atoms with E-state index in [9.17, 15) is 9.67 Å². The Bertz CT molecular complexity index is 639. The Hall–Kier alpha value is -1.37. The molecule has 3 atom stereocenters. The van der Waals surface area contributed by atoms with Crippen LogP contribution in [0.25, 0.3) is 0 Å². The fourth-order valence-electron chi connectivity index (χ4n) is 3.28. The van der Waals surface area contributed by atoms with Gasteiger partial charge in [-0.25, -0.2) is 0 Å². The first-order valence-corrected chi connectivity index (χ1v) is 8.80. The summed E-state index contributed by atoms with van der Waals surface area (Å²) in [5.74, 6) is 0. The lowest BCUT2D eigenvalue weighted by Crippen LogP contribution is -2.28. The van der Waals surface area contributed by atoms with E-state index in [0.717, 1.165) is 17.3 Å². The lowest BCUT2D eigenvalue weighted by atomic mass is 10.0. The maximum Gasteiger partial charge on any atom is 0.152 e. The van der Waals surface area contributed by atoms with E-state index in [2.05, 4.69) is 0 Å². The van der Waals surface area contributed by atoms with E-state index in [1.807, 2.05) is 67.6 Å². The molecule has 0 radical (unpaired) electrons. The van der Waals surface area contributed by atoms with Gasteiger partial charge in [0.2, 0.25) is 0 Å². The van der Waals surface area contributed by atoms with Gasteiger partial charge >= 0.3 is 0 Å². The van der Waals surface area contributed by atoms with Crippen LogP contribution >= 0.6 is 7.14 Å². The van der Waals surface area contributed by atoms with Gasteiger partial charge in [0.25, 0.3) is 0 Å². The van der Waals surface area contributed by atoms with Crippen molar-refractivity contribution in [1.82, 2.24) is 0 Å². The minimum atomic E-state index is -2.90. The molecule has 1 aliphatic rings. The van der Waals surface area contributed by atoms with Gasteiger partial charge in [-0.15, -0.1) is 0 Å². The van der Waals surface area contributed by atoms with Crippen LogP contribution in [0.5, 0.6) is 0 Å². The van der Waals surface area contributed by atoms with Crippen LogP contribution < -0.4 is 5.30 Å². The Morgan fingerprint density at radius 2 is 1.60 bits per heavy atom. The second-order valence-electron chi connectivity index (χ2n) is 5.56. The molecule has 0 aliphatic carbocycles. The van der Waals surface area contributed by atoms with Gasteiger partial charge in [-0.1, -0.05) is 67.6 Å². The summed E-state index contributed by atoms with van der Waals surface area (Å²) in [6, 6.07) is 18.9. The molecule has 0 spiro atoms. The molecule has 0 aromatic heterocycles. The number of rotatable bonds is 2. The highest BCUT2D eigenvalue weighted by Gasteiger charge is 2.56. The van der Waals surface area contributed by atoms with Gasteiger partial charge in [-0.05, 0) is 18.4 Å². The molecule has 1 aliphatic heterocycles. The Morgan fingerprint density at radius 3 is 2.20 bits per heavy atom. The molecule has 1 saturated heterocycles. The Kier molecular flexibility index (Phi) is 3.32. The summed E-state index contributed by atoms with van der Waals surface area (Å²) in [5.41, 5.74) is 0.784. The second-order valence-corrected chi connectivity index (χ2v) is 9.02. The topological polar surface area (TPSA) is 37.3 Å². The van der Waals surface area contributed by atoms with Crippen LogP contribution in [0.1, 0.15) is 25.3 Å². The van der Waals surface area contributed by atoms with Gasteiger partial charge in [0, 0.05) is 11.0 Å². The molecule has 0 amide bonds. The predicted molar refractivity (Wildman–Crippen MR) is 82.7 cm³/mol. The zero-order chi connectivity index (χ0) is 14.2. The van der Waals surface area contributed by atoms with Crippen LogP contribution in [0.2, 0.25) is 0 Å². The standard InChI is InChI=1S/C17H19O2P/c1-14-12-13-17(18,15-8-4-2-5-9-15)20(14,19)16-10-6-3-7-11-16/h2-11,14,18H,12-13H2,1H3. The van der Waals surface area contributed by atoms with Gasteiger partial charge in [-0.2, -0.15) is 0 Å². The van der Waals surface area contributed by atoms with Crippen molar-refractivity contribution in [2.24, 2.45) is 0 Å². The van der Waals surface area contributed by atoms with Crippen LogP contribution in [0, 0.1) is 0 Å². The van der Waals surface area contributed by atoms with Crippen molar-refractivity contribution in [2.75, 3.05) is 0 Å². The summed E-state index contributed by atoms with van der Waals surface area (Å²) in [5, 5.41) is 10.8. The van der Waals surface area contributed by atoms with Gasteiger partial charge in [0.1, 0.15) is 5.34 Å². The van der Waals surface area contributed by atoms with E-state index in [4.69, 9.17) is 0 Å². The monoisotopic (exact) mass is 286 g/mol. The molecule has 1 N–H and O–H groups in total. The van der Waals surface area contributed by atoms with Crippen LogP contribution in [-0.4, -0.2) is 10.8 Å². The number of benzene rings is 2. The molecule has 2 aromatic rings. The summed E-state index contributed by atoms with van der Waals surface area (Å²) in [7, 11) is -2.90. The van der Waals surface area contributed by atoms with Crippen molar-refractivity contribution < 1.29 is 9.67 Å². The van der Waals surface area contributed by atoms with Gasteiger partial charge in [0.05, 0.1) is 0 Å². The maximum atomic E-state index is 13.7. The van der Waals surface area contributed by atoms with Crippen LogP contribution in [0.15, 0.2) is 60.7 Å². The first-order valence-electron chi connectivity index (χ1n) is 7.02. The van der Waals surface area contributed by atoms with Crippen LogP contribution in [-0.2, 0) is 9.91 Å². The van der Waals surface area contributed by atoms with E-state index in [0.29, 0.717) is 6.42 Å². The first kappa shape index (κ1) is 13.6. The smallest absolute Gasteiger partial charge is 0.152 e. The Morgan fingerprint density at radius 1 is 1.05 bits per heavy atom. The van der Waals surface area contributed by atoms with Crippen molar-refractivity contribution in [3.63, 3.8) is 0 Å². The summed E-state index contributed by atoms with van der Waals surface area (Å²) in [6.45, 7) is 1.99. The van der Waals surface area contributed by atoms with Gasteiger partial charge < -0.3 is 9.67 Å². The number of hydrogen-bond donors (Lipinski definition) is 1. The molecule has 20 heavy (non-hydrogen) atoms. The molecule has 3 heteroatoms.